The van der Waals surface area contributed by atoms with Gasteiger partial charge in [0.05, 0.1) is 17.0 Å². The number of aromatic nitrogens is 4. The van der Waals surface area contributed by atoms with Crippen LogP contribution in [0.25, 0.3) is 16.6 Å². The Balaban J connectivity index is 1.76. The fraction of sp³-hybridized carbons (Fsp3) is 0.150. The summed E-state index contributed by atoms with van der Waals surface area (Å²) < 4.78 is 8.12. The molecule has 5 nitrogen and oxygen atoms in total. The number of para-hydroxylation sites is 1. The van der Waals surface area contributed by atoms with Crippen molar-refractivity contribution in [2.45, 2.75) is 18.4 Å². The van der Waals surface area contributed by atoms with Crippen molar-refractivity contribution in [3.05, 3.63) is 71.7 Å². The molecule has 0 unspecified atom stereocenters. The van der Waals surface area contributed by atoms with Gasteiger partial charge < -0.3 is 9.30 Å². The number of fused-ring (bicyclic) bond motifs is 1. The van der Waals surface area contributed by atoms with Crippen LogP contribution in [0.15, 0.2) is 60.3 Å². The number of rotatable bonds is 5. The van der Waals surface area contributed by atoms with Crippen LogP contribution in [0.3, 0.4) is 0 Å². The van der Waals surface area contributed by atoms with Gasteiger partial charge in [-0.1, -0.05) is 23.7 Å². The smallest absolute Gasteiger partial charge is 0.146 e. The number of pyridine rings is 2. The molecule has 0 bridgehead atoms. The molecule has 3 heterocycles. The predicted octanol–water partition coefficient (Wildman–Crippen LogP) is 5.08. The first-order chi connectivity index (χ1) is 13.2. The number of thioether (sulfide) groups is 1. The minimum atomic E-state index is 0.354. The van der Waals surface area contributed by atoms with Gasteiger partial charge in [0.25, 0.3) is 0 Å². The van der Waals surface area contributed by atoms with E-state index in [1.165, 1.54) is 0 Å². The molecule has 3 aromatic heterocycles. The lowest BCUT2D eigenvalue weighted by molar-refractivity contribution is 0.306. The van der Waals surface area contributed by atoms with Gasteiger partial charge in [-0.3, -0.25) is 4.98 Å². The molecule has 0 aliphatic heterocycles. The number of hydrogen-bond donors (Lipinski definition) is 0. The second kappa shape index (κ2) is 7.58. The lowest BCUT2D eigenvalue weighted by Crippen LogP contribution is -2.02. The van der Waals surface area contributed by atoms with E-state index in [9.17, 15) is 0 Å². The topological polar surface area (TPSA) is 52.8 Å². The average molecular weight is 397 g/mol. The lowest BCUT2D eigenvalue weighted by atomic mass is 10.1. The van der Waals surface area contributed by atoms with Crippen molar-refractivity contribution in [1.29, 1.82) is 0 Å². The van der Waals surface area contributed by atoms with E-state index in [-0.39, 0.29) is 0 Å². The molecule has 0 aliphatic rings. The number of benzene rings is 1. The van der Waals surface area contributed by atoms with Gasteiger partial charge in [-0.05, 0) is 25.3 Å². The standard InChI is InChI=1S/C20H17ClN4OS/c1-13-8-17(25-7-6-22-12-25)14-4-3-5-18(20(14)24-13)26-11-15-16(21)9-23-10-19(15)27-2/h3-10,12H,11H2,1-2H3. The maximum Gasteiger partial charge on any atom is 0.146 e. The highest BCUT2D eigenvalue weighted by Crippen LogP contribution is 2.32. The van der Waals surface area contributed by atoms with Crippen molar-refractivity contribution >= 4 is 34.3 Å². The van der Waals surface area contributed by atoms with Crippen molar-refractivity contribution in [3.63, 3.8) is 0 Å². The highest BCUT2D eigenvalue weighted by atomic mass is 35.5. The molecular weight excluding hydrogens is 380 g/mol. The molecule has 27 heavy (non-hydrogen) atoms. The van der Waals surface area contributed by atoms with Gasteiger partial charge in [-0.25, -0.2) is 9.97 Å². The summed E-state index contributed by atoms with van der Waals surface area (Å²) in [7, 11) is 0. The number of aryl methyl sites for hydroxylation is 1. The maximum absolute atomic E-state index is 6.33. The van der Waals surface area contributed by atoms with Crippen LogP contribution in [0, 0.1) is 6.92 Å². The normalized spacial score (nSPS) is 11.1. The maximum atomic E-state index is 6.33. The van der Waals surface area contributed by atoms with Crippen molar-refractivity contribution < 1.29 is 4.74 Å². The van der Waals surface area contributed by atoms with E-state index in [4.69, 9.17) is 21.3 Å². The quantitative estimate of drug-likeness (QED) is 0.440. The predicted molar refractivity (Wildman–Crippen MR) is 109 cm³/mol. The van der Waals surface area contributed by atoms with Crippen molar-refractivity contribution in [2.24, 2.45) is 0 Å². The van der Waals surface area contributed by atoms with E-state index >= 15 is 0 Å². The Bertz CT molecular complexity index is 1100. The van der Waals surface area contributed by atoms with E-state index in [1.807, 2.05) is 48.2 Å². The minimum Gasteiger partial charge on any atom is -0.487 e. The summed E-state index contributed by atoms with van der Waals surface area (Å²) in [6.45, 7) is 2.33. The van der Waals surface area contributed by atoms with Crippen molar-refractivity contribution in [3.8, 4) is 11.4 Å². The molecule has 0 saturated carbocycles. The Morgan fingerprint density at radius 3 is 2.89 bits per heavy atom. The zero-order valence-electron chi connectivity index (χ0n) is 14.9. The molecule has 136 valence electrons. The molecule has 4 rings (SSSR count). The molecule has 4 aromatic rings. The molecule has 0 saturated heterocycles. The SMILES string of the molecule is CSc1cncc(Cl)c1COc1cccc2c(-n3ccnc3)cc(C)nc12. The van der Waals surface area contributed by atoms with Crippen LogP contribution in [-0.2, 0) is 6.61 Å². The highest BCUT2D eigenvalue weighted by molar-refractivity contribution is 7.98. The monoisotopic (exact) mass is 396 g/mol. The van der Waals surface area contributed by atoms with Crippen LogP contribution in [0.1, 0.15) is 11.3 Å². The molecule has 0 radical (unpaired) electrons. The van der Waals surface area contributed by atoms with E-state index in [0.717, 1.165) is 38.5 Å². The van der Waals surface area contributed by atoms with E-state index in [1.54, 1.807) is 36.7 Å². The number of hydrogen-bond acceptors (Lipinski definition) is 5. The highest BCUT2D eigenvalue weighted by Gasteiger charge is 2.13. The van der Waals surface area contributed by atoms with Crippen LogP contribution in [0.2, 0.25) is 5.02 Å². The summed E-state index contributed by atoms with van der Waals surface area (Å²) in [6.07, 6.45) is 10.9. The zero-order valence-corrected chi connectivity index (χ0v) is 16.5. The summed E-state index contributed by atoms with van der Waals surface area (Å²) in [5, 5.41) is 1.60. The van der Waals surface area contributed by atoms with Crippen molar-refractivity contribution in [1.82, 2.24) is 19.5 Å². The molecule has 0 fully saturated rings. The first-order valence-electron chi connectivity index (χ1n) is 8.35. The third kappa shape index (κ3) is 3.50. The second-order valence-electron chi connectivity index (χ2n) is 6.00. The molecule has 0 aliphatic carbocycles. The summed E-state index contributed by atoms with van der Waals surface area (Å²) in [5.41, 5.74) is 3.68. The van der Waals surface area contributed by atoms with E-state index < -0.39 is 0 Å². The largest absolute Gasteiger partial charge is 0.487 e. The van der Waals surface area contributed by atoms with Gasteiger partial charge in [0.1, 0.15) is 17.9 Å². The Labute approximate surface area is 166 Å². The van der Waals surface area contributed by atoms with E-state index in [2.05, 4.69) is 9.97 Å². The van der Waals surface area contributed by atoms with Gasteiger partial charge in [0.15, 0.2) is 0 Å². The molecule has 1 aromatic carbocycles. The number of imidazole rings is 1. The zero-order chi connectivity index (χ0) is 18.8. The Morgan fingerprint density at radius 1 is 1.22 bits per heavy atom. The van der Waals surface area contributed by atoms with Crippen LogP contribution < -0.4 is 4.74 Å². The third-order valence-electron chi connectivity index (χ3n) is 4.25. The Morgan fingerprint density at radius 2 is 2.11 bits per heavy atom. The van der Waals surface area contributed by atoms with Crippen LogP contribution in [0.5, 0.6) is 5.75 Å². The summed E-state index contributed by atoms with van der Waals surface area (Å²) in [4.78, 5) is 14.0. The van der Waals surface area contributed by atoms with Gasteiger partial charge in [0, 0.05) is 46.3 Å². The average Bonchev–Trinajstić information content (AvgIpc) is 3.21. The number of halogens is 1. The molecule has 0 spiro atoms. The van der Waals surface area contributed by atoms with Crippen LogP contribution in [-0.4, -0.2) is 25.8 Å². The second-order valence-corrected chi connectivity index (χ2v) is 7.25. The molecule has 7 heteroatoms. The van der Waals surface area contributed by atoms with Crippen molar-refractivity contribution in [2.75, 3.05) is 6.26 Å². The summed E-state index contributed by atoms with van der Waals surface area (Å²) in [5.74, 6) is 0.720. The first-order valence-corrected chi connectivity index (χ1v) is 9.95. The van der Waals surface area contributed by atoms with Gasteiger partial charge in [-0.2, -0.15) is 0 Å². The molecular formula is C20H17ClN4OS. The molecule has 0 N–H and O–H groups in total. The van der Waals surface area contributed by atoms with Gasteiger partial charge in [0.2, 0.25) is 0 Å². The first kappa shape index (κ1) is 17.8. The van der Waals surface area contributed by atoms with Crippen LogP contribution >= 0.6 is 23.4 Å². The Hall–Kier alpha value is -2.57. The van der Waals surface area contributed by atoms with Crippen LogP contribution in [0.4, 0.5) is 0 Å². The van der Waals surface area contributed by atoms with Gasteiger partial charge in [-0.15, -0.1) is 11.8 Å². The number of nitrogens with zero attached hydrogens (tertiary/aromatic N) is 4. The lowest BCUT2D eigenvalue weighted by Gasteiger charge is -2.14. The Kier molecular flexibility index (Phi) is 5.01. The fourth-order valence-corrected chi connectivity index (χ4v) is 3.82. The summed E-state index contributed by atoms with van der Waals surface area (Å²) in [6, 6.07) is 7.98. The molecule has 0 amide bonds. The summed E-state index contributed by atoms with van der Waals surface area (Å²) >= 11 is 7.93. The van der Waals surface area contributed by atoms with E-state index in [0.29, 0.717) is 11.6 Å². The molecule has 0 atom stereocenters. The minimum absolute atomic E-state index is 0.354. The van der Waals surface area contributed by atoms with Gasteiger partial charge >= 0.3 is 0 Å². The third-order valence-corrected chi connectivity index (χ3v) is 5.37. The fourth-order valence-electron chi connectivity index (χ4n) is 2.97. The number of ether oxygens (including phenoxy) is 1.